The van der Waals surface area contributed by atoms with Crippen molar-refractivity contribution in [3.63, 3.8) is 0 Å². The zero-order valence-electron chi connectivity index (χ0n) is 10.8. The number of aryl methyl sites for hydroxylation is 1. The first-order valence-electron chi connectivity index (χ1n) is 5.47. The van der Waals surface area contributed by atoms with E-state index in [2.05, 4.69) is 46.5 Å². The van der Waals surface area contributed by atoms with E-state index in [9.17, 15) is 0 Å². The minimum absolute atomic E-state index is 0.569. The van der Waals surface area contributed by atoms with Crippen LogP contribution in [-0.2, 0) is 0 Å². The predicted molar refractivity (Wildman–Crippen MR) is 80.4 cm³/mol. The molecule has 0 aliphatic heterocycles. The average Bonchev–Trinajstić information content (AvgIpc) is 2.21. The minimum Gasteiger partial charge on any atom is -0.399 e. The Kier molecular flexibility index (Phi) is 4.40. The van der Waals surface area contributed by atoms with Crippen LogP contribution in [0.1, 0.15) is 12.5 Å². The molecule has 1 rings (SSSR count). The smallest absolute Gasteiger partial charge is 0.0584 e. The molecule has 3 heteroatoms. The van der Waals surface area contributed by atoms with Gasteiger partial charge in [0.15, 0.2) is 0 Å². The summed E-state index contributed by atoms with van der Waals surface area (Å²) in [6.07, 6.45) is 4.00. The number of halogens is 1. The van der Waals surface area contributed by atoms with Crippen LogP contribution in [0.4, 0.5) is 5.69 Å². The zero-order chi connectivity index (χ0) is 13.2. The molecule has 0 amide bonds. The maximum absolute atomic E-state index is 5.67. The number of hydrogen-bond donors (Lipinski definition) is 1. The van der Waals surface area contributed by atoms with Crippen molar-refractivity contribution < 1.29 is 0 Å². The predicted octanol–water partition coefficient (Wildman–Crippen LogP) is 1.88. The van der Waals surface area contributed by atoms with Gasteiger partial charge in [-0.2, -0.15) is 0 Å². The summed E-state index contributed by atoms with van der Waals surface area (Å²) in [6, 6.07) is 2.12. The summed E-state index contributed by atoms with van der Waals surface area (Å²) in [4.78, 5) is 2.10. The molecule has 0 aliphatic carbocycles. The van der Waals surface area contributed by atoms with E-state index in [1.165, 1.54) is 16.5 Å². The molecular formula is C14H19BrN2. The lowest BCUT2D eigenvalue weighted by Crippen LogP contribution is -2.32. The Morgan fingerprint density at radius 1 is 1.47 bits per heavy atom. The van der Waals surface area contributed by atoms with Crippen molar-refractivity contribution >= 4 is 33.8 Å². The van der Waals surface area contributed by atoms with Crippen LogP contribution in [0.15, 0.2) is 22.8 Å². The Balaban J connectivity index is 3.85. The summed E-state index contributed by atoms with van der Waals surface area (Å²) in [6.45, 7) is 7.84. The van der Waals surface area contributed by atoms with Gasteiger partial charge in [0.05, 0.1) is 5.69 Å². The number of hydrogen-bond acceptors (Lipinski definition) is 2. The Labute approximate surface area is 111 Å². The van der Waals surface area contributed by atoms with Crippen molar-refractivity contribution in [3.05, 3.63) is 38.8 Å². The Morgan fingerprint density at radius 3 is 2.47 bits per heavy atom. The Morgan fingerprint density at radius 2 is 2.06 bits per heavy atom. The molecular weight excluding hydrogens is 276 g/mol. The van der Waals surface area contributed by atoms with Gasteiger partial charge >= 0.3 is 0 Å². The molecule has 17 heavy (non-hydrogen) atoms. The number of allylic oxidation sites excluding steroid dienone is 1. The molecule has 0 fully saturated rings. The van der Waals surface area contributed by atoms with E-state index in [0.717, 1.165) is 9.69 Å². The van der Waals surface area contributed by atoms with E-state index < -0.39 is 0 Å². The van der Waals surface area contributed by atoms with E-state index in [0.29, 0.717) is 5.70 Å². The van der Waals surface area contributed by atoms with E-state index in [1.807, 2.05) is 27.1 Å². The number of benzene rings is 1. The molecule has 0 atom stereocenters. The highest BCUT2D eigenvalue weighted by atomic mass is 79.9. The van der Waals surface area contributed by atoms with Gasteiger partial charge in [0.1, 0.15) is 0 Å². The van der Waals surface area contributed by atoms with Gasteiger partial charge in [-0.25, -0.2) is 0 Å². The topological polar surface area (TPSA) is 29.3 Å². The molecule has 0 saturated heterocycles. The van der Waals surface area contributed by atoms with Crippen LogP contribution < -0.4 is 21.1 Å². The minimum atomic E-state index is 0.569. The van der Waals surface area contributed by atoms with Gasteiger partial charge in [0, 0.05) is 29.5 Å². The maximum Gasteiger partial charge on any atom is 0.0584 e. The first-order chi connectivity index (χ1) is 7.88. The number of nitrogens with two attached hydrogens (primary N) is 1. The lowest BCUT2D eigenvalue weighted by Gasteiger charge is -2.18. The van der Waals surface area contributed by atoms with Crippen molar-refractivity contribution in [2.45, 2.75) is 13.8 Å². The fourth-order valence-corrected chi connectivity index (χ4v) is 2.56. The molecule has 0 bridgehead atoms. The summed E-state index contributed by atoms with van der Waals surface area (Å²) >= 11 is 3.64. The summed E-state index contributed by atoms with van der Waals surface area (Å²) < 4.78 is 1.12. The summed E-state index contributed by atoms with van der Waals surface area (Å²) in [5, 5.41) is 2.27. The number of anilines is 1. The van der Waals surface area contributed by atoms with Crippen LogP contribution in [0.2, 0.25) is 0 Å². The number of rotatable bonds is 2. The zero-order valence-corrected chi connectivity index (χ0v) is 12.4. The van der Waals surface area contributed by atoms with Gasteiger partial charge in [-0.05, 0) is 46.6 Å². The summed E-state index contributed by atoms with van der Waals surface area (Å²) in [7, 11) is 4.07. The van der Waals surface area contributed by atoms with Crippen molar-refractivity contribution in [2.24, 2.45) is 5.73 Å². The fraction of sp³-hybridized carbons (Fsp3) is 0.286. The monoisotopic (exact) mass is 294 g/mol. The molecule has 0 spiro atoms. The van der Waals surface area contributed by atoms with Crippen LogP contribution in [0.25, 0.3) is 12.2 Å². The van der Waals surface area contributed by atoms with Gasteiger partial charge in [0.25, 0.3) is 0 Å². The molecule has 2 nitrogen and oxygen atoms in total. The first-order valence-corrected chi connectivity index (χ1v) is 6.26. The van der Waals surface area contributed by atoms with Gasteiger partial charge < -0.3 is 10.6 Å². The molecule has 2 N–H and O–H groups in total. The SMILES string of the molecule is C=C(N)/C=c1/cc(C)c(Br)c(N(C)C)/c1=C/C. The molecule has 0 unspecified atom stereocenters. The van der Waals surface area contributed by atoms with Gasteiger partial charge in [-0.3, -0.25) is 0 Å². The highest BCUT2D eigenvalue weighted by Gasteiger charge is 2.08. The normalized spacial score (nSPS) is 13.0. The summed E-state index contributed by atoms with van der Waals surface area (Å²) in [5.41, 5.74) is 8.60. The van der Waals surface area contributed by atoms with Crippen molar-refractivity contribution in [1.82, 2.24) is 0 Å². The lowest BCUT2D eigenvalue weighted by atomic mass is 10.1. The molecule has 0 aliphatic rings. The highest BCUT2D eigenvalue weighted by Crippen LogP contribution is 2.23. The average molecular weight is 295 g/mol. The molecule has 0 heterocycles. The molecule has 0 aromatic heterocycles. The molecule has 0 saturated carbocycles. The van der Waals surface area contributed by atoms with Crippen LogP contribution in [0, 0.1) is 6.92 Å². The number of nitrogens with zero attached hydrogens (tertiary/aromatic N) is 1. The van der Waals surface area contributed by atoms with Crippen LogP contribution in [-0.4, -0.2) is 14.1 Å². The third-order valence-corrected chi connectivity index (χ3v) is 3.57. The summed E-state index contributed by atoms with van der Waals surface area (Å²) in [5.74, 6) is 0. The van der Waals surface area contributed by atoms with Crippen LogP contribution in [0.5, 0.6) is 0 Å². The quantitative estimate of drug-likeness (QED) is 0.902. The largest absolute Gasteiger partial charge is 0.399 e. The van der Waals surface area contributed by atoms with Crippen molar-refractivity contribution in [1.29, 1.82) is 0 Å². The molecule has 1 aromatic rings. The van der Waals surface area contributed by atoms with Crippen molar-refractivity contribution in [2.75, 3.05) is 19.0 Å². The second kappa shape index (κ2) is 5.41. The Hall–Kier alpha value is -1.22. The van der Waals surface area contributed by atoms with E-state index in [4.69, 9.17) is 5.73 Å². The van der Waals surface area contributed by atoms with Gasteiger partial charge in [-0.1, -0.05) is 18.7 Å². The van der Waals surface area contributed by atoms with Gasteiger partial charge in [0.2, 0.25) is 0 Å². The maximum atomic E-state index is 5.67. The van der Waals surface area contributed by atoms with Gasteiger partial charge in [-0.15, -0.1) is 0 Å². The van der Waals surface area contributed by atoms with E-state index >= 15 is 0 Å². The second-order valence-electron chi connectivity index (χ2n) is 4.26. The molecule has 92 valence electrons. The molecule has 0 radical (unpaired) electrons. The fourth-order valence-electron chi connectivity index (χ4n) is 1.88. The van der Waals surface area contributed by atoms with Crippen molar-refractivity contribution in [3.8, 4) is 0 Å². The van der Waals surface area contributed by atoms with E-state index in [-0.39, 0.29) is 0 Å². The standard InChI is InChI=1S/C14H19BrN2/c1-6-12-11(8-10(3)16)7-9(2)13(15)14(12)17(4)5/h6-8H,3,16H2,1-2,4-5H3/b11-8-,12-6+. The third-order valence-electron chi connectivity index (χ3n) is 2.57. The Bertz CT molecular complexity index is 557. The third kappa shape index (κ3) is 2.91. The lowest BCUT2D eigenvalue weighted by molar-refractivity contribution is 1.10. The van der Waals surface area contributed by atoms with E-state index in [1.54, 1.807) is 0 Å². The van der Waals surface area contributed by atoms with Crippen LogP contribution in [0.3, 0.4) is 0 Å². The van der Waals surface area contributed by atoms with Crippen LogP contribution >= 0.6 is 15.9 Å². The first kappa shape index (κ1) is 13.8. The molecule has 1 aromatic carbocycles. The second-order valence-corrected chi connectivity index (χ2v) is 5.05. The highest BCUT2D eigenvalue weighted by molar-refractivity contribution is 9.10.